The zero-order valence-electron chi connectivity index (χ0n) is 46.6. The van der Waals surface area contributed by atoms with Gasteiger partial charge in [0.25, 0.3) is 0 Å². The number of ether oxygens (including phenoxy) is 8. The van der Waals surface area contributed by atoms with Crippen LogP contribution in [0.1, 0.15) is 120 Å². The van der Waals surface area contributed by atoms with E-state index in [9.17, 15) is 76.6 Å². The molecular weight excluding hydrogens is 1030 g/mol. The van der Waals surface area contributed by atoms with Crippen molar-refractivity contribution in [3.63, 3.8) is 0 Å². The van der Waals surface area contributed by atoms with Crippen molar-refractivity contribution >= 4 is 0 Å². The molecule has 4 aliphatic heterocycles. The molecule has 0 aromatic rings. The average Bonchev–Trinajstić information content (AvgIpc) is 2.92. The fourth-order valence-electron chi connectivity index (χ4n) is 15.8. The van der Waals surface area contributed by atoms with Gasteiger partial charge >= 0.3 is 0 Å². The van der Waals surface area contributed by atoms with Gasteiger partial charge in [-0.1, -0.05) is 60.1 Å². The maximum absolute atomic E-state index is 12.7. The maximum Gasteiger partial charge on any atom is 0.187 e. The lowest BCUT2D eigenvalue weighted by Crippen LogP contribution is -2.65. The van der Waals surface area contributed by atoms with Gasteiger partial charge in [-0.3, -0.25) is 0 Å². The van der Waals surface area contributed by atoms with Gasteiger partial charge in [-0.25, -0.2) is 0 Å². The van der Waals surface area contributed by atoms with Gasteiger partial charge in [0, 0.05) is 10.8 Å². The van der Waals surface area contributed by atoms with Crippen molar-refractivity contribution in [2.75, 3.05) is 19.8 Å². The Hall–Kier alpha value is -1.18. The lowest BCUT2D eigenvalue weighted by molar-refractivity contribution is -0.379. The quantitative estimate of drug-likeness (QED) is 0.0714. The maximum atomic E-state index is 12.7. The third-order valence-electron chi connectivity index (χ3n) is 21.0. The summed E-state index contributed by atoms with van der Waals surface area (Å²) >= 11 is 0. The summed E-state index contributed by atoms with van der Waals surface area (Å²) < 4.78 is 48.3. The van der Waals surface area contributed by atoms with E-state index >= 15 is 0 Å². The molecule has 0 amide bonds. The largest absolute Gasteiger partial charge is 0.394 e. The van der Waals surface area contributed by atoms with Crippen LogP contribution in [-0.4, -0.2) is 243 Å². The molecular formula is C55H94O23. The van der Waals surface area contributed by atoms with Gasteiger partial charge in [0.2, 0.25) is 0 Å². The van der Waals surface area contributed by atoms with Gasteiger partial charge in [0.05, 0.1) is 49.8 Å². The Morgan fingerprint density at radius 3 is 1.72 bits per heavy atom. The number of aliphatic hydroxyl groups excluding tert-OH is 14. The zero-order chi connectivity index (χ0) is 57.5. The lowest BCUT2D eigenvalue weighted by atomic mass is 9.38. The summed E-state index contributed by atoms with van der Waals surface area (Å²) in [6, 6.07) is 0. The molecule has 0 aromatic carbocycles. The molecule has 0 aromatic heterocycles. The molecule has 3 saturated carbocycles. The highest BCUT2D eigenvalue weighted by Gasteiger charge is 2.70. The molecule has 0 spiro atoms. The van der Waals surface area contributed by atoms with Crippen LogP contribution in [0, 0.1) is 45.3 Å². The molecule has 452 valence electrons. The van der Waals surface area contributed by atoms with Gasteiger partial charge in [-0.2, -0.15) is 0 Å². The van der Waals surface area contributed by atoms with Crippen molar-refractivity contribution in [3.8, 4) is 0 Å². The molecule has 0 radical (unpaired) electrons. The normalized spacial score (nSPS) is 51.4. The first-order valence-corrected chi connectivity index (χ1v) is 28.4. The summed E-state index contributed by atoms with van der Waals surface area (Å²) in [6.45, 7) is 16.2. The molecule has 30 atom stereocenters. The number of allylic oxidation sites excluding steroid dienone is 1. The van der Waals surface area contributed by atoms with Crippen LogP contribution >= 0.6 is 0 Å². The molecule has 4 aliphatic carbocycles. The summed E-state index contributed by atoms with van der Waals surface area (Å²) in [6.07, 6.45) is -25.7. The Balaban J connectivity index is 0.987. The second-order valence-corrected chi connectivity index (χ2v) is 26.1. The van der Waals surface area contributed by atoms with E-state index in [1.54, 1.807) is 20.8 Å². The van der Waals surface area contributed by atoms with Gasteiger partial charge in [0.15, 0.2) is 25.2 Å². The summed E-state index contributed by atoms with van der Waals surface area (Å²) in [7, 11) is 0. The predicted molar refractivity (Wildman–Crippen MR) is 271 cm³/mol. The van der Waals surface area contributed by atoms with Crippen molar-refractivity contribution in [1.82, 2.24) is 0 Å². The molecule has 7 fully saturated rings. The van der Waals surface area contributed by atoms with Crippen LogP contribution in [0.4, 0.5) is 0 Å². The zero-order valence-corrected chi connectivity index (χ0v) is 46.6. The van der Waals surface area contributed by atoms with Crippen molar-refractivity contribution in [2.24, 2.45) is 45.3 Å². The van der Waals surface area contributed by atoms with E-state index in [0.29, 0.717) is 25.7 Å². The van der Waals surface area contributed by atoms with E-state index < -0.39 is 177 Å². The molecule has 78 heavy (non-hydrogen) atoms. The Labute approximate surface area is 457 Å². The predicted octanol–water partition coefficient (Wildman–Crippen LogP) is -1.81. The Bertz CT molecular complexity index is 2020. The minimum Gasteiger partial charge on any atom is -0.394 e. The van der Waals surface area contributed by atoms with Crippen LogP contribution < -0.4 is 0 Å². The minimum absolute atomic E-state index is 0.0180. The van der Waals surface area contributed by atoms with Crippen LogP contribution in [0.15, 0.2) is 11.6 Å². The first-order valence-electron chi connectivity index (χ1n) is 28.4. The Morgan fingerprint density at radius 2 is 1.14 bits per heavy atom. The second-order valence-electron chi connectivity index (χ2n) is 26.1. The molecule has 15 N–H and O–H groups in total. The van der Waals surface area contributed by atoms with Crippen LogP contribution in [0.3, 0.4) is 0 Å². The monoisotopic (exact) mass is 1120 g/mol. The first-order chi connectivity index (χ1) is 36.4. The van der Waals surface area contributed by atoms with E-state index in [1.807, 2.05) is 0 Å². The van der Waals surface area contributed by atoms with Gasteiger partial charge in [-0.05, 0) is 106 Å². The third-order valence-corrected chi connectivity index (χ3v) is 21.0. The highest BCUT2D eigenvalue weighted by atomic mass is 16.8. The molecule has 0 bridgehead atoms. The fraction of sp³-hybridized carbons (Fsp3) is 0.964. The standard InChI is InChI=1S/C55H94O23/c1-10-27-35(59)39(63)45(69)49(72-27)78-46-42(66)38(62)30(22-71-47-43(67)40(64)36(60)28(20-56)73-47)75-50(46)77-34(52(5,6)70)15-11-23(2)24-17-18-53(7)31-14-12-25-26(55(31,9)32(58)19-54(24,53)8)13-16-33(51(25,3)4)76-48-44(68)41(65)37(61)29(21-57)74-48/h12,23-24,26-50,56-70H,10-11,13-22H2,1-9H3/t23-,24?,26?,27+,28-,29-,30-,31?,32-,33+,34-,35+,36-,37-,38-,39-,40+,41+,42+,43-,44-,45+,46-,47+,48+,49-,50+,53+,54-,55+/m1/s1. The first kappa shape index (κ1) is 62.9. The van der Waals surface area contributed by atoms with E-state index in [-0.39, 0.29) is 47.3 Å². The summed E-state index contributed by atoms with van der Waals surface area (Å²) in [5, 5.41) is 163. The summed E-state index contributed by atoms with van der Waals surface area (Å²) in [5.74, 6) is 0.292. The number of hydrogen-bond acceptors (Lipinski definition) is 23. The molecule has 4 saturated heterocycles. The van der Waals surface area contributed by atoms with Crippen LogP contribution in [0.25, 0.3) is 0 Å². The van der Waals surface area contributed by atoms with Gasteiger partial charge < -0.3 is 114 Å². The molecule has 23 nitrogen and oxygen atoms in total. The highest BCUT2D eigenvalue weighted by Crippen LogP contribution is 2.75. The summed E-state index contributed by atoms with van der Waals surface area (Å²) in [5.41, 5.74) is -1.97. The van der Waals surface area contributed by atoms with Crippen LogP contribution in [0.5, 0.6) is 0 Å². The molecule has 23 heteroatoms. The SMILES string of the molecule is CC[C@@H]1O[C@H](O[C@H]2[C@H](O[C@H](CC[C@@H](C)C3CC[C@@]4(C)C5CC=C6C(CC[C@H](O[C@@H]7O[C@H](CO)[C@@H](O)[C@H](O)[C@H]7O)C6(C)C)[C@]5(C)[C@H](O)C[C@]34C)C(C)(C)O)O[C@H](CO[C@H]3O[C@H](CO)[C@@H](O)[C@H](O)[C@H]3O)[C@@H](O)[C@@H]2O)[C@@H](O)[C@H](O)[C@H]1O. The minimum atomic E-state index is -1.87. The van der Waals surface area contributed by atoms with Gasteiger partial charge in [-0.15, -0.1) is 0 Å². The van der Waals surface area contributed by atoms with E-state index in [4.69, 9.17) is 37.9 Å². The van der Waals surface area contributed by atoms with Crippen molar-refractivity contribution < 1.29 is 114 Å². The number of fused-ring (bicyclic) bond motifs is 5. The van der Waals surface area contributed by atoms with Crippen LogP contribution in [-0.2, 0) is 37.9 Å². The van der Waals surface area contributed by atoms with E-state index in [2.05, 4.69) is 47.6 Å². The molecule has 8 rings (SSSR count). The Morgan fingerprint density at radius 1 is 0.615 bits per heavy atom. The highest BCUT2D eigenvalue weighted by molar-refractivity contribution is 5.32. The number of rotatable bonds is 17. The molecule has 8 aliphatic rings. The third kappa shape index (κ3) is 11.0. The molecule has 4 heterocycles. The van der Waals surface area contributed by atoms with Gasteiger partial charge in [0.1, 0.15) is 91.6 Å². The summed E-state index contributed by atoms with van der Waals surface area (Å²) in [4.78, 5) is 0. The van der Waals surface area contributed by atoms with Crippen molar-refractivity contribution in [3.05, 3.63) is 11.6 Å². The second kappa shape index (κ2) is 23.7. The topological polar surface area (TPSA) is 377 Å². The van der Waals surface area contributed by atoms with Crippen molar-refractivity contribution in [2.45, 2.75) is 267 Å². The number of aliphatic hydroxyl groups is 15. The molecule has 3 unspecified atom stereocenters. The lowest BCUT2D eigenvalue weighted by Gasteiger charge is -2.67. The smallest absolute Gasteiger partial charge is 0.187 e. The Kier molecular flexibility index (Phi) is 19.1. The average molecular weight is 1120 g/mol. The van der Waals surface area contributed by atoms with Crippen LogP contribution in [0.2, 0.25) is 0 Å². The van der Waals surface area contributed by atoms with E-state index in [0.717, 1.165) is 19.3 Å². The van der Waals surface area contributed by atoms with Crippen molar-refractivity contribution in [1.29, 1.82) is 0 Å². The fourth-order valence-corrected chi connectivity index (χ4v) is 15.8. The number of hydrogen-bond donors (Lipinski definition) is 15. The van der Waals surface area contributed by atoms with E-state index in [1.165, 1.54) is 5.57 Å².